The Labute approximate surface area is 104 Å². The van der Waals surface area contributed by atoms with Crippen LogP contribution in [0.15, 0.2) is 12.1 Å². The van der Waals surface area contributed by atoms with E-state index in [0.29, 0.717) is 5.92 Å². The summed E-state index contributed by atoms with van der Waals surface area (Å²) < 4.78 is 0. The molecule has 1 aromatic rings. The molecule has 1 unspecified atom stereocenters. The molecule has 2 N–H and O–H groups in total. The molecule has 0 fully saturated rings. The summed E-state index contributed by atoms with van der Waals surface area (Å²) in [5, 5.41) is 0. The zero-order valence-electron chi connectivity index (χ0n) is 10.7. The Morgan fingerprint density at radius 1 is 1.24 bits per heavy atom. The predicted molar refractivity (Wildman–Crippen MR) is 72.8 cm³/mol. The second kappa shape index (κ2) is 4.34. The van der Waals surface area contributed by atoms with Crippen molar-refractivity contribution in [2.75, 3.05) is 24.5 Å². The highest BCUT2D eigenvalue weighted by molar-refractivity contribution is 5.66. The van der Waals surface area contributed by atoms with Gasteiger partial charge in [-0.05, 0) is 54.8 Å². The summed E-state index contributed by atoms with van der Waals surface area (Å²) in [6, 6.07) is 4.88. The van der Waals surface area contributed by atoms with E-state index in [0.717, 1.165) is 13.0 Å². The molecule has 0 aromatic heterocycles. The topological polar surface area (TPSA) is 29.3 Å². The van der Waals surface area contributed by atoms with Crippen molar-refractivity contribution in [3.05, 3.63) is 28.8 Å². The van der Waals surface area contributed by atoms with E-state index in [4.69, 9.17) is 5.73 Å². The van der Waals surface area contributed by atoms with Crippen LogP contribution in [-0.4, -0.2) is 19.6 Å². The van der Waals surface area contributed by atoms with E-state index in [1.54, 1.807) is 16.8 Å². The van der Waals surface area contributed by atoms with Gasteiger partial charge in [0.1, 0.15) is 0 Å². The van der Waals surface area contributed by atoms with Crippen LogP contribution in [0, 0.1) is 0 Å². The maximum absolute atomic E-state index is 5.68. The van der Waals surface area contributed by atoms with Crippen LogP contribution in [0.4, 0.5) is 5.69 Å². The number of nitrogens with two attached hydrogens (primary N) is 1. The highest BCUT2D eigenvalue weighted by atomic mass is 15.2. The standard InChI is InChI=1S/C15H22N2/c1-11(4-6-16)14-9-12-3-2-7-17-8-5-13(10-14)15(12)17/h9-11H,2-8,16H2,1H3. The molecule has 2 heteroatoms. The van der Waals surface area contributed by atoms with Gasteiger partial charge in [0.05, 0.1) is 0 Å². The fourth-order valence-electron chi connectivity index (χ4n) is 3.33. The lowest BCUT2D eigenvalue weighted by Gasteiger charge is -2.28. The minimum atomic E-state index is 0.609. The summed E-state index contributed by atoms with van der Waals surface area (Å²) in [6.07, 6.45) is 4.93. The van der Waals surface area contributed by atoms with Crippen molar-refractivity contribution < 1.29 is 0 Å². The van der Waals surface area contributed by atoms with Crippen molar-refractivity contribution >= 4 is 5.69 Å². The van der Waals surface area contributed by atoms with Gasteiger partial charge in [0.15, 0.2) is 0 Å². The maximum atomic E-state index is 5.68. The van der Waals surface area contributed by atoms with Crippen LogP contribution in [0.5, 0.6) is 0 Å². The average Bonchev–Trinajstić information content (AvgIpc) is 2.75. The molecule has 0 saturated carbocycles. The Hall–Kier alpha value is -1.02. The second-order valence-electron chi connectivity index (χ2n) is 5.51. The van der Waals surface area contributed by atoms with Crippen molar-refractivity contribution in [2.24, 2.45) is 5.73 Å². The smallest absolute Gasteiger partial charge is 0.0432 e. The average molecular weight is 230 g/mol. The van der Waals surface area contributed by atoms with Gasteiger partial charge in [-0.1, -0.05) is 19.1 Å². The minimum Gasteiger partial charge on any atom is -0.371 e. The Kier molecular flexibility index (Phi) is 2.83. The number of rotatable bonds is 3. The van der Waals surface area contributed by atoms with Gasteiger partial charge in [-0.25, -0.2) is 0 Å². The van der Waals surface area contributed by atoms with Crippen molar-refractivity contribution in [2.45, 2.75) is 38.5 Å². The molecule has 2 nitrogen and oxygen atoms in total. The molecule has 1 aromatic carbocycles. The van der Waals surface area contributed by atoms with Crippen LogP contribution in [0.25, 0.3) is 0 Å². The first-order valence-corrected chi connectivity index (χ1v) is 6.90. The van der Waals surface area contributed by atoms with Gasteiger partial charge in [0.2, 0.25) is 0 Å². The Balaban J connectivity index is 1.99. The summed E-state index contributed by atoms with van der Waals surface area (Å²) in [4.78, 5) is 2.57. The first kappa shape index (κ1) is 11.1. The first-order chi connectivity index (χ1) is 8.29. The van der Waals surface area contributed by atoms with Gasteiger partial charge < -0.3 is 10.6 Å². The van der Waals surface area contributed by atoms with Crippen molar-refractivity contribution in [1.29, 1.82) is 0 Å². The number of hydrogen-bond acceptors (Lipinski definition) is 2. The van der Waals surface area contributed by atoms with E-state index in [1.807, 2.05) is 0 Å². The maximum Gasteiger partial charge on any atom is 0.0432 e. The molecule has 3 rings (SSSR count). The Morgan fingerprint density at radius 2 is 2.00 bits per heavy atom. The van der Waals surface area contributed by atoms with E-state index >= 15 is 0 Å². The van der Waals surface area contributed by atoms with E-state index < -0.39 is 0 Å². The third-order valence-corrected chi connectivity index (χ3v) is 4.30. The molecule has 2 aliphatic heterocycles. The van der Waals surface area contributed by atoms with Gasteiger partial charge in [-0.3, -0.25) is 0 Å². The van der Waals surface area contributed by atoms with Crippen LogP contribution in [0.1, 0.15) is 42.4 Å². The highest BCUT2D eigenvalue weighted by Gasteiger charge is 2.26. The first-order valence-electron chi connectivity index (χ1n) is 6.90. The molecule has 0 bridgehead atoms. The highest BCUT2D eigenvalue weighted by Crippen LogP contribution is 2.38. The zero-order chi connectivity index (χ0) is 11.8. The fraction of sp³-hybridized carbons (Fsp3) is 0.600. The molecule has 1 atom stereocenters. The summed E-state index contributed by atoms with van der Waals surface area (Å²) in [5.74, 6) is 0.609. The molecule has 0 aliphatic carbocycles. The summed E-state index contributed by atoms with van der Waals surface area (Å²) >= 11 is 0. The van der Waals surface area contributed by atoms with Gasteiger partial charge in [-0.15, -0.1) is 0 Å². The van der Waals surface area contributed by atoms with Crippen LogP contribution in [-0.2, 0) is 12.8 Å². The molecule has 0 spiro atoms. The lowest BCUT2D eigenvalue weighted by molar-refractivity contribution is 0.684. The molecule has 17 heavy (non-hydrogen) atoms. The lowest BCUT2D eigenvalue weighted by Crippen LogP contribution is -2.26. The second-order valence-corrected chi connectivity index (χ2v) is 5.51. The van der Waals surface area contributed by atoms with E-state index in [2.05, 4.69) is 24.0 Å². The van der Waals surface area contributed by atoms with Gasteiger partial charge in [0, 0.05) is 18.8 Å². The Bertz CT molecular complexity index is 425. The van der Waals surface area contributed by atoms with Crippen LogP contribution in [0.2, 0.25) is 0 Å². The SMILES string of the molecule is CC(CCN)c1cc2c3c(c1)CCN3CCC2. The van der Waals surface area contributed by atoms with E-state index in [1.165, 1.54) is 37.9 Å². The molecule has 2 aliphatic rings. The van der Waals surface area contributed by atoms with Gasteiger partial charge in [0.25, 0.3) is 0 Å². The van der Waals surface area contributed by atoms with Crippen LogP contribution in [0.3, 0.4) is 0 Å². The zero-order valence-corrected chi connectivity index (χ0v) is 10.7. The quantitative estimate of drug-likeness (QED) is 0.864. The number of aryl methyl sites for hydroxylation is 1. The predicted octanol–water partition coefficient (Wildman–Crippen LogP) is 2.45. The number of hydrogen-bond donors (Lipinski definition) is 1. The summed E-state index contributed by atoms with van der Waals surface area (Å²) in [6.45, 7) is 5.59. The minimum absolute atomic E-state index is 0.609. The van der Waals surface area contributed by atoms with Crippen molar-refractivity contribution in [1.82, 2.24) is 0 Å². The Morgan fingerprint density at radius 3 is 2.76 bits per heavy atom. The fourth-order valence-corrected chi connectivity index (χ4v) is 3.33. The third-order valence-electron chi connectivity index (χ3n) is 4.30. The third kappa shape index (κ3) is 1.85. The molecule has 0 amide bonds. The molecule has 2 heterocycles. The number of benzene rings is 1. The summed E-state index contributed by atoms with van der Waals surface area (Å²) in [7, 11) is 0. The number of anilines is 1. The van der Waals surface area contributed by atoms with Gasteiger partial charge in [-0.2, -0.15) is 0 Å². The summed E-state index contributed by atoms with van der Waals surface area (Å²) in [5.41, 5.74) is 11.9. The van der Waals surface area contributed by atoms with Crippen molar-refractivity contribution in [3.8, 4) is 0 Å². The monoisotopic (exact) mass is 230 g/mol. The molecule has 92 valence electrons. The molecular formula is C15H22N2. The molecular weight excluding hydrogens is 208 g/mol. The van der Waals surface area contributed by atoms with Crippen LogP contribution < -0.4 is 10.6 Å². The number of nitrogens with zero attached hydrogens (tertiary/aromatic N) is 1. The molecule has 0 saturated heterocycles. The lowest BCUT2D eigenvalue weighted by atomic mass is 9.90. The van der Waals surface area contributed by atoms with Gasteiger partial charge >= 0.3 is 0 Å². The normalized spacial score (nSPS) is 19.3. The van der Waals surface area contributed by atoms with Crippen molar-refractivity contribution in [3.63, 3.8) is 0 Å². The largest absolute Gasteiger partial charge is 0.371 e. The molecule has 0 radical (unpaired) electrons. The van der Waals surface area contributed by atoms with E-state index in [9.17, 15) is 0 Å². The van der Waals surface area contributed by atoms with Crippen LogP contribution >= 0.6 is 0 Å². The van der Waals surface area contributed by atoms with E-state index in [-0.39, 0.29) is 0 Å².